The van der Waals surface area contributed by atoms with Crippen molar-refractivity contribution in [2.75, 3.05) is 13.1 Å². The molecule has 0 saturated carbocycles. The summed E-state index contributed by atoms with van der Waals surface area (Å²) in [4.78, 5) is 13.1. The fraction of sp³-hybridized carbons (Fsp3) is 0.400. The molecular formula is C20H24BrN3O2. The van der Waals surface area contributed by atoms with Gasteiger partial charge >= 0.3 is 5.97 Å². The number of carboxylic acids is 1. The Labute approximate surface area is 162 Å². The van der Waals surface area contributed by atoms with Crippen LogP contribution in [-0.4, -0.2) is 38.8 Å². The van der Waals surface area contributed by atoms with Gasteiger partial charge in [-0.3, -0.25) is 9.58 Å². The van der Waals surface area contributed by atoms with Crippen molar-refractivity contribution < 1.29 is 9.90 Å². The van der Waals surface area contributed by atoms with Gasteiger partial charge in [0.25, 0.3) is 0 Å². The van der Waals surface area contributed by atoms with Gasteiger partial charge in [0.1, 0.15) is 0 Å². The van der Waals surface area contributed by atoms with E-state index in [1.54, 1.807) is 6.08 Å². The second kappa shape index (κ2) is 8.64. The van der Waals surface area contributed by atoms with Gasteiger partial charge in [0.2, 0.25) is 0 Å². The first-order chi connectivity index (χ1) is 12.5. The molecule has 1 fully saturated rings. The van der Waals surface area contributed by atoms with Gasteiger partial charge in [-0.1, -0.05) is 30.3 Å². The molecule has 138 valence electrons. The first-order valence-electron chi connectivity index (χ1n) is 8.95. The molecule has 0 bridgehead atoms. The number of carboxylic acid groups (broad SMARTS) is 1. The molecule has 3 rings (SSSR count). The van der Waals surface area contributed by atoms with Crippen LogP contribution in [-0.2, 0) is 17.8 Å². The van der Waals surface area contributed by atoms with Crippen molar-refractivity contribution in [2.24, 2.45) is 0 Å². The van der Waals surface area contributed by atoms with Gasteiger partial charge < -0.3 is 5.11 Å². The maximum atomic E-state index is 10.5. The van der Waals surface area contributed by atoms with E-state index in [-0.39, 0.29) is 0 Å². The number of benzene rings is 1. The number of halogens is 1. The number of rotatable bonds is 7. The molecule has 1 N–H and O–H groups in total. The van der Waals surface area contributed by atoms with E-state index in [0.29, 0.717) is 12.5 Å². The molecule has 0 amide bonds. The van der Waals surface area contributed by atoms with E-state index in [0.717, 1.165) is 35.4 Å². The van der Waals surface area contributed by atoms with E-state index in [2.05, 4.69) is 50.2 Å². The quantitative estimate of drug-likeness (QED) is 0.692. The van der Waals surface area contributed by atoms with Crippen LogP contribution < -0.4 is 0 Å². The third-order valence-electron chi connectivity index (χ3n) is 4.84. The Morgan fingerprint density at radius 2 is 2.12 bits per heavy atom. The first-order valence-corrected chi connectivity index (χ1v) is 9.74. The minimum absolute atomic E-state index is 0.457. The van der Waals surface area contributed by atoms with Crippen molar-refractivity contribution >= 4 is 21.9 Å². The lowest BCUT2D eigenvalue weighted by molar-refractivity contribution is -0.131. The van der Waals surface area contributed by atoms with Crippen molar-refractivity contribution in [1.29, 1.82) is 0 Å². The molecule has 1 atom stereocenters. The van der Waals surface area contributed by atoms with Crippen molar-refractivity contribution in [3.63, 3.8) is 0 Å². The van der Waals surface area contributed by atoms with Gasteiger partial charge in [-0.15, -0.1) is 0 Å². The van der Waals surface area contributed by atoms with Gasteiger partial charge in [-0.05, 0) is 59.8 Å². The highest BCUT2D eigenvalue weighted by Gasteiger charge is 2.25. The van der Waals surface area contributed by atoms with Crippen molar-refractivity contribution in [2.45, 2.75) is 38.8 Å². The number of likely N-dealkylation sites (tertiary alicyclic amines) is 1. The molecule has 1 aliphatic rings. The molecule has 1 aliphatic heterocycles. The summed E-state index contributed by atoms with van der Waals surface area (Å²) in [7, 11) is 0. The Bertz CT molecular complexity index is 763. The average molecular weight is 418 g/mol. The third-order valence-corrected chi connectivity index (χ3v) is 5.62. The van der Waals surface area contributed by atoms with Crippen LogP contribution in [0.4, 0.5) is 0 Å². The minimum Gasteiger partial charge on any atom is -0.478 e. The third kappa shape index (κ3) is 4.83. The Balaban J connectivity index is 1.59. The van der Waals surface area contributed by atoms with Crippen molar-refractivity contribution in [1.82, 2.24) is 14.7 Å². The molecule has 1 aromatic heterocycles. The summed E-state index contributed by atoms with van der Waals surface area (Å²) >= 11 is 3.52. The average Bonchev–Trinajstić information content (AvgIpc) is 3.20. The topological polar surface area (TPSA) is 58.4 Å². The molecule has 0 radical (unpaired) electrons. The SMILES string of the molecule is Cc1nn(CCN2CCC[C@H]2c2ccc(C/C=C/C(=O)O)cc2)cc1Br. The summed E-state index contributed by atoms with van der Waals surface area (Å²) in [6.45, 7) is 5.00. The second-order valence-corrected chi connectivity index (χ2v) is 7.56. The van der Waals surface area contributed by atoms with E-state index in [1.165, 1.54) is 24.5 Å². The van der Waals surface area contributed by atoms with Crippen LogP contribution in [0.3, 0.4) is 0 Å². The standard InChI is InChI=1S/C20H24BrN3O2/c1-15-18(21)14-24(22-15)13-12-23-11-3-5-19(23)17-9-7-16(8-10-17)4-2-6-20(25)26/h2,6-10,14,19H,3-5,11-13H2,1H3,(H,25,26)/b6-2+/t19-/m0/s1. The van der Waals surface area contributed by atoms with Crippen LogP contribution in [0, 0.1) is 6.92 Å². The fourth-order valence-electron chi connectivity index (χ4n) is 3.48. The Morgan fingerprint density at radius 1 is 1.35 bits per heavy atom. The van der Waals surface area contributed by atoms with Crippen LogP contribution in [0.2, 0.25) is 0 Å². The highest BCUT2D eigenvalue weighted by atomic mass is 79.9. The Morgan fingerprint density at radius 3 is 2.77 bits per heavy atom. The molecule has 2 heterocycles. The van der Waals surface area contributed by atoms with Crippen LogP contribution >= 0.6 is 15.9 Å². The van der Waals surface area contributed by atoms with Crippen LogP contribution in [0.25, 0.3) is 0 Å². The summed E-state index contributed by atoms with van der Waals surface area (Å²) in [6, 6.07) is 9.03. The van der Waals surface area contributed by atoms with Crippen molar-refractivity contribution in [3.05, 3.63) is 63.9 Å². The lowest BCUT2D eigenvalue weighted by atomic mass is 10.0. The predicted molar refractivity (Wildman–Crippen MR) is 105 cm³/mol. The van der Waals surface area contributed by atoms with Crippen LogP contribution in [0.1, 0.15) is 35.7 Å². The number of carbonyl (C=O) groups is 1. The number of aromatic nitrogens is 2. The van der Waals surface area contributed by atoms with E-state index < -0.39 is 5.97 Å². The largest absolute Gasteiger partial charge is 0.478 e. The molecule has 0 unspecified atom stereocenters. The van der Waals surface area contributed by atoms with Gasteiger partial charge in [-0.2, -0.15) is 5.10 Å². The highest BCUT2D eigenvalue weighted by Crippen LogP contribution is 2.31. The number of hydrogen-bond donors (Lipinski definition) is 1. The van der Waals surface area contributed by atoms with Gasteiger partial charge in [0, 0.05) is 24.9 Å². The molecule has 5 nitrogen and oxygen atoms in total. The predicted octanol–water partition coefficient (Wildman–Crippen LogP) is 3.97. The minimum atomic E-state index is -0.900. The molecule has 0 aliphatic carbocycles. The fourth-order valence-corrected chi connectivity index (χ4v) is 3.80. The van der Waals surface area contributed by atoms with E-state index in [9.17, 15) is 4.79 Å². The molecular weight excluding hydrogens is 394 g/mol. The molecule has 1 saturated heterocycles. The first kappa shape index (κ1) is 18.9. The Kier molecular flexibility index (Phi) is 6.27. The van der Waals surface area contributed by atoms with Gasteiger partial charge in [0.05, 0.1) is 16.7 Å². The smallest absolute Gasteiger partial charge is 0.327 e. The zero-order valence-corrected chi connectivity index (χ0v) is 16.5. The zero-order chi connectivity index (χ0) is 18.5. The number of allylic oxidation sites excluding steroid dienone is 1. The van der Waals surface area contributed by atoms with Gasteiger partial charge in [-0.25, -0.2) is 4.79 Å². The van der Waals surface area contributed by atoms with Gasteiger partial charge in [0.15, 0.2) is 0 Å². The molecule has 6 heteroatoms. The Hall–Kier alpha value is -1.92. The molecule has 2 aromatic rings. The summed E-state index contributed by atoms with van der Waals surface area (Å²) < 4.78 is 3.06. The zero-order valence-electron chi connectivity index (χ0n) is 14.9. The maximum absolute atomic E-state index is 10.5. The summed E-state index contributed by atoms with van der Waals surface area (Å²) in [5, 5.41) is 13.2. The number of hydrogen-bond acceptors (Lipinski definition) is 3. The van der Waals surface area contributed by atoms with E-state index in [1.807, 2.05) is 17.8 Å². The number of aliphatic carboxylic acids is 1. The lowest BCUT2D eigenvalue weighted by Gasteiger charge is -2.25. The monoisotopic (exact) mass is 417 g/mol. The molecule has 1 aromatic carbocycles. The van der Waals surface area contributed by atoms with Crippen molar-refractivity contribution in [3.8, 4) is 0 Å². The van der Waals surface area contributed by atoms with E-state index >= 15 is 0 Å². The van der Waals surface area contributed by atoms with E-state index in [4.69, 9.17) is 5.11 Å². The molecule has 0 spiro atoms. The normalized spacial score (nSPS) is 18.0. The lowest BCUT2D eigenvalue weighted by Crippen LogP contribution is -2.27. The number of nitrogens with zero attached hydrogens (tertiary/aromatic N) is 3. The second-order valence-electron chi connectivity index (χ2n) is 6.71. The maximum Gasteiger partial charge on any atom is 0.327 e. The molecule has 26 heavy (non-hydrogen) atoms. The van der Waals surface area contributed by atoms with Crippen LogP contribution in [0.15, 0.2) is 47.1 Å². The summed E-state index contributed by atoms with van der Waals surface area (Å²) in [6.07, 6.45) is 7.97. The summed E-state index contributed by atoms with van der Waals surface area (Å²) in [5.41, 5.74) is 3.49. The summed E-state index contributed by atoms with van der Waals surface area (Å²) in [5.74, 6) is -0.900. The van der Waals surface area contributed by atoms with Crippen LogP contribution in [0.5, 0.6) is 0 Å². The number of aryl methyl sites for hydroxylation is 1. The highest BCUT2D eigenvalue weighted by molar-refractivity contribution is 9.10.